The van der Waals surface area contributed by atoms with Crippen LogP contribution in [-0.2, 0) is 6.54 Å². The molecule has 78 valence electrons. The van der Waals surface area contributed by atoms with Crippen LogP contribution in [0.15, 0.2) is 29.3 Å². The first kappa shape index (κ1) is 9.51. The summed E-state index contributed by atoms with van der Waals surface area (Å²) in [5, 5.41) is 8.67. The lowest BCUT2D eigenvalue weighted by atomic mass is 10.3. The minimum atomic E-state index is -1.02. The van der Waals surface area contributed by atoms with Crippen LogP contribution in [0, 0.1) is 6.92 Å². The van der Waals surface area contributed by atoms with Gasteiger partial charge in [-0.05, 0) is 13.0 Å². The molecule has 0 spiro atoms. The van der Waals surface area contributed by atoms with Crippen LogP contribution in [0.1, 0.15) is 21.8 Å². The van der Waals surface area contributed by atoms with Gasteiger partial charge in [0.25, 0.3) is 0 Å². The van der Waals surface area contributed by atoms with E-state index in [-0.39, 0.29) is 5.69 Å². The zero-order valence-electron chi connectivity index (χ0n) is 8.17. The van der Waals surface area contributed by atoms with Crippen molar-refractivity contribution in [1.29, 1.82) is 0 Å². The second-order valence-electron chi connectivity index (χ2n) is 3.30. The lowest BCUT2D eigenvalue weighted by Gasteiger charge is -1.96. The van der Waals surface area contributed by atoms with Crippen molar-refractivity contribution in [1.82, 2.24) is 9.55 Å². The summed E-state index contributed by atoms with van der Waals surface area (Å²) in [4.78, 5) is 14.3. The SMILES string of the molecule is Cc1cc(Cn2cnc(C(=O)O)c2)co1. The third kappa shape index (κ3) is 2.07. The molecule has 0 unspecified atom stereocenters. The monoisotopic (exact) mass is 206 g/mol. The van der Waals surface area contributed by atoms with Gasteiger partial charge >= 0.3 is 5.97 Å². The fraction of sp³-hybridized carbons (Fsp3) is 0.200. The molecule has 5 nitrogen and oxygen atoms in total. The Morgan fingerprint density at radius 1 is 1.67 bits per heavy atom. The Balaban J connectivity index is 2.14. The number of aromatic carboxylic acids is 1. The van der Waals surface area contributed by atoms with Crippen molar-refractivity contribution < 1.29 is 14.3 Å². The van der Waals surface area contributed by atoms with Crippen LogP contribution in [0.3, 0.4) is 0 Å². The predicted octanol–water partition coefficient (Wildman–Crippen LogP) is 1.53. The largest absolute Gasteiger partial charge is 0.476 e. The number of carboxylic acid groups (broad SMARTS) is 1. The molecule has 0 saturated heterocycles. The Morgan fingerprint density at radius 3 is 3.00 bits per heavy atom. The molecule has 0 saturated carbocycles. The van der Waals surface area contributed by atoms with Crippen molar-refractivity contribution in [2.75, 3.05) is 0 Å². The van der Waals surface area contributed by atoms with E-state index in [9.17, 15) is 4.79 Å². The highest BCUT2D eigenvalue weighted by Crippen LogP contribution is 2.08. The van der Waals surface area contributed by atoms with Gasteiger partial charge in [0.2, 0.25) is 0 Å². The molecule has 0 aliphatic carbocycles. The molecule has 1 N–H and O–H groups in total. The summed E-state index contributed by atoms with van der Waals surface area (Å²) in [7, 11) is 0. The topological polar surface area (TPSA) is 68.3 Å². The van der Waals surface area contributed by atoms with Gasteiger partial charge < -0.3 is 14.1 Å². The van der Waals surface area contributed by atoms with Gasteiger partial charge in [0.05, 0.1) is 19.1 Å². The quantitative estimate of drug-likeness (QED) is 0.826. The maximum atomic E-state index is 10.6. The van der Waals surface area contributed by atoms with Crippen LogP contribution >= 0.6 is 0 Å². The predicted molar refractivity (Wildman–Crippen MR) is 51.7 cm³/mol. The molecule has 2 heterocycles. The molecular weight excluding hydrogens is 196 g/mol. The van der Waals surface area contributed by atoms with Crippen LogP contribution in [0.4, 0.5) is 0 Å². The number of nitrogens with zero attached hydrogens (tertiary/aromatic N) is 2. The van der Waals surface area contributed by atoms with E-state index >= 15 is 0 Å². The Morgan fingerprint density at radius 2 is 2.47 bits per heavy atom. The molecule has 5 heteroatoms. The second kappa shape index (κ2) is 3.61. The summed E-state index contributed by atoms with van der Waals surface area (Å²) in [5.41, 5.74) is 1.04. The number of aromatic nitrogens is 2. The normalized spacial score (nSPS) is 10.5. The van der Waals surface area contributed by atoms with Crippen molar-refractivity contribution >= 4 is 5.97 Å². The maximum absolute atomic E-state index is 10.6. The number of carbonyl (C=O) groups is 1. The van der Waals surface area contributed by atoms with E-state index in [0.29, 0.717) is 6.54 Å². The number of hydrogen-bond donors (Lipinski definition) is 1. The highest BCUT2D eigenvalue weighted by atomic mass is 16.4. The molecule has 0 fully saturated rings. The zero-order chi connectivity index (χ0) is 10.8. The lowest BCUT2D eigenvalue weighted by molar-refractivity contribution is 0.0691. The van der Waals surface area contributed by atoms with Crippen LogP contribution < -0.4 is 0 Å². The highest BCUT2D eigenvalue weighted by Gasteiger charge is 2.07. The molecule has 15 heavy (non-hydrogen) atoms. The fourth-order valence-electron chi connectivity index (χ4n) is 1.35. The third-order valence-electron chi connectivity index (χ3n) is 2.00. The van der Waals surface area contributed by atoms with Crippen molar-refractivity contribution in [3.63, 3.8) is 0 Å². The summed E-state index contributed by atoms with van der Waals surface area (Å²) >= 11 is 0. The molecule has 0 aliphatic rings. The van der Waals surface area contributed by atoms with E-state index in [0.717, 1.165) is 11.3 Å². The third-order valence-corrected chi connectivity index (χ3v) is 2.00. The van der Waals surface area contributed by atoms with Gasteiger partial charge in [-0.25, -0.2) is 9.78 Å². The van der Waals surface area contributed by atoms with Gasteiger partial charge in [-0.3, -0.25) is 0 Å². The highest BCUT2D eigenvalue weighted by molar-refractivity contribution is 5.84. The van der Waals surface area contributed by atoms with Gasteiger partial charge in [0, 0.05) is 11.8 Å². The van der Waals surface area contributed by atoms with Crippen LogP contribution in [0.5, 0.6) is 0 Å². The van der Waals surface area contributed by atoms with E-state index in [2.05, 4.69) is 4.98 Å². The number of imidazole rings is 1. The number of hydrogen-bond acceptors (Lipinski definition) is 3. The first-order valence-electron chi connectivity index (χ1n) is 4.44. The molecule has 2 rings (SSSR count). The van der Waals surface area contributed by atoms with Crippen molar-refractivity contribution in [3.05, 3.63) is 41.9 Å². The van der Waals surface area contributed by atoms with Crippen LogP contribution in [-0.4, -0.2) is 20.6 Å². The average molecular weight is 206 g/mol. The average Bonchev–Trinajstić information content (AvgIpc) is 2.76. The molecule has 0 amide bonds. The number of furan rings is 1. The Bertz CT molecular complexity index is 484. The molecule has 2 aromatic rings. The number of aryl methyl sites for hydroxylation is 1. The van der Waals surface area contributed by atoms with Gasteiger partial charge in [0.15, 0.2) is 5.69 Å². The minimum Gasteiger partial charge on any atom is -0.476 e. The molecular formula is C10H10N2O3. The van der Waals surface area contributed by atoms with Crippen LogP contribution in [0.25, 0.3) is 0 Å². The van der Waals surface area contributed by atoms with Crippen molar-refractivity contribution in [2.45, 2.75) is 13.5 Å². The molecule has 0 radical (unpaired) electrons. The minimum absolute atomic E-state index is 0.0511. The van der Waals surface area contributed by atoms with Gasteiger partial charge in [-0.15, -0.1) is 0 Å². The van der Waals surface area contributed by atoms with Gasteiger partial charge in [-0.2, -0.15) is 0 Å². The lowest BCUT2D eigenvalue weighted by Crippen LogP contribution is -1.97. The number of carboxylic acids is 1. The van der Waals surface area contributed by atoms with E-state index in [1.54, 1.807) is 10.8 Å². The van der Waals surface area contributed by atoms with Crippen molar-refractivity contribution in [2.24, 2.45) is 0 Å². The zero-order valence-corrected chi connectivity index (χ0v) is 8.17. The van der Waals surface area contributed by atoms with Gasteiger partial charge in [-0.1, -0.05) is 0 Å². The first-order valence-corrected chi connectivity index (χ1v) is 4.44. The molecule has 0 aliphatic heterocycles. The standard InChI is InChI=1S/C10H10N2O3/c1-7-2-8(5-15-7)3-12-4-9(10(13)14)11-6-12/h2,4-6H,3H2,1H3,(H,13,14). The van der Waals surface area contributed by atoms with Crippen LogP contribution in [0.2, 0.25) is 0 Å². The van der Waals surface area contributed by atoms with Crippen molar-refractivity contribution in [3.8, 4) is 0 Å². The summed E-state index contributed by atoms with van der Waals surface area (Å²) in [5.74, 6) is -0.180. The van der Waals surface area contributed by atoms with E-state index in [1.165, 1.54) is 12.5 Å². The fourth-order valence-corrected chi connectivity index (χ4v) is 1.35. The summed E-state index contributed by atoms with van der Waals surface area (Å²) < 4.78 is 6.84. The molecule has 2 aromatic heterocycles. The first-order chi connectivity index (χ1) is 7.15. The maximum Gasteiger partial charge on any atom is 0.356 e. The Labute approximate surface area is 86.0 Å². The van der Waals surface area contributed by atoms with E-state index < -0.39 is 5.97 Å². The molecule has 0 atom stereocenters. The number of rotatable bonds is 3. The molecule has 0 aromatic carbocycles. The smallest absolute Gasteiger partial charge is 0.356 e. The van der Waals surface area contributed by atoms with E-state index in [1.807, 2.05) is 13.0 Å². The Kier molecular flexibility index (Phi) is 2.29. The summed E-state index contributed by atoms with van der Waals surface area (Å²) in [6.07, 6.45) is 4.63. The Hall–Kier alpha value is -2.04. The summed E-state index contributed by atoms with van der Waals surface area (Å²) in [6.45, 7) is 2.43. The second-order valence-corrected chi connectivity index (χ2v) is 3.30. The molecule has 0 bridgehead atoms. The van der Waals surface area contributed by atoms with E-state index in [4.69, 9.17) is 9.52 Å². The van der Waals surface area contributed by atoms with Gasteiger partial charge in [0.1, 0.15) is 5.76 Å². The summed E-state index contributed by atoms with van der Waals surface area (Å²) in [6, 6.07) is 1.90.